The van der Waals surface area contributed by atoms with Gasteiger partial charge in [0.2, 0.25) is 5.91 Å². The van der Waals surface area contributed by atoms with Crippen LogP contribution < -0.4 is 15.4 Å². The molecule has 2 aromatic carbocycles. The number of hydrogen-bond acceptors (Lipinski definition) is 3. The van der Waals surface area contributed by atoms with Crippen LogP contribution in [0, 0.1) is 6.92 Å². The summed E-state index contributed by atoms with van der Waals surface area (Å²) in [5.41, 5.74) is 2.38. The SMILES string of the molecule is COc1cc(Cl)c(C)cc1NC(=O)[C@H](C)Nc1ccccc1. The van der Waals surface area contributed by atoms with Crippen LogP contribution in [-0.4, -0.2) is 19.1 Å². The largest absolute Gasteiger partial charge is 0.495 e. The second kappa shape index (κ2) is 7.18. The standard InChI is InChI=1S/C17H19ClN2O2/c1-11-9-15(16(22-3)10-14(11)18)20-17(21)12(2)19-13-7-5-4-6-8-13/h4-10,12,19H,1-3H3,(H,20,21)/t12-/m0/s1. The van der Waals surface area contributed by atoms with Crippen molar-refractivity contribution in [3.05, 3.63) is 53.1 Å². The molecule has 0 aliphatic heterocycles. The first-order valence-corrected chi connectivity index (χ1v) is 7.35. The third-order valence-corrected chi connectivity index (χ3v) is 3.70. The zero-order valence-electron chi connectivity index (χ0n) is 12.8. The molecule has 0 aromatic heterocycles. The molecule has 2 rings (SSSR count). The molecule has 5 heteroatoms. The summed E-state index contributed by atoms with van der Waals surface area (Å²) in [5.74, 6) is 0.389. The van der Waals surface area contributed by atoms with Gasteiger partial charge >= 0.3 is 0 Å². The molecule has 0 aliphatic carbocycles. The topological polar surface area (TPSA) is 50.4 Å². The Labute approximate surface area is 135 Å². The van der Waals surface area contributed by atoms with Gasteiger partial charge in [-0.15, -0.1) is 0 Å². The molecule has 0 fully saturated rings. The Morgan fingerprint density at radius 3 is 2.55 bits per heavy atom. The van der Waals surface area contributed by atoms with Crippen molar-refractivity contribution in [3.63, 3.8) is 0 Å². The first-order chi connectivity index (χ1) is 10.5. The van der Waals surface area contributed by atoms with Crippen LogP contribution in [0.1, 0.15) is 12.5 Å². The Kier molecular flexibility index (Phi) is 5.28. The normalized spacial score (nSPS) is 11.6. The molecule has 0 bridgehead atoms. The molecule has 0 unspecified atom stereocenters. The molecule has 1 atom stereocenters. The van der Waals surface area contributed by atoms with E-state index in [4.69, 9.17) is 16.3 Å². The fourth-order valence-corrected chi connectivity index (χ4v) is 2.17. The van der Waals surface area contributed by atoms with Crippen LogP contribution in [0.5, 0.6) is 5.75 Å². The Morgan fingerprint density at radius 2 is 1.91 bits per heavy atom. The zero-order chi connectivity index (χ0) is 16.1. The van der Waals surface area contributed by atoms with Gasteiger partial charge in [-0.1, -0.05) is 29.8 Å². The maximum atomic E-state index is 12.3. The summed E-state index contributed by atoms with van der Waals surface area (Å²) in [7, 11) is 1.54. The quantitative estimate of drug-likeness (QED) is 0.872. The van der Waals surface area contributed by atoms with Crippen molar-refractivity contribution < 1.29 is 9.53 Å². The molecular weight excluding hydrogens is 300 g/mol. The third-order valence-electron chi connectivity index (χ3n) is 3.29. The van der Waals surface area contributed by atoms with Crippen LogP contribution >= 0.6 is 11.6 Å². The van der Waals surface area contributed by atoms with Gasteiger partial charge in [-0.25, -0.2) is 0 Å². The highest BCUT2D eigenvalue weighted by Gasteiger charge is 2.15. The number of aryl methyl sites for hydroxylation is 1. The van der Waals surface area contributed by atoms with E-state index in [0.29, 0.717) is 16.5 Å². The van der Waals surface area contributed by atoms with E-state index in [-0.39, 0.29) is 11.9 Å². The highest BCUT2D eigenvalue weighted by atomic mass is 35.5. The van der Waals surface area contributed by atoms with E-state index in [0.717, 1.165) is 11.3 Å². The molecular formula is C17H19ClN2O2. The van der Waals surface area contributed by atoms with Crippen molar-refractivity contribution in [1.82, 2.24) is 0 Å². The number of methoxy groups -OCH3 is 1. The van der Waals surface area contributed by atoms with E-state index in [9.17, 15) is 4.79 Å². The molecule has 0 saturated carbocycles. The van der Waals surface area contributed by atoms with Crippen LogP contribution in [0.15, 0.2) is 42.5 Å². The molecule has 0 saturated heterocycles. The molecule has 22 heavy (non-hydrogen) atoms. The lowest BCUT2D eigenvalue weighted by Gasteiger charge is -2.17. The summed E-state index contributed by atoms with van der Waals surface area (Å²) < 4.78 is 5.26. The van der Waals surface area contributed by atoms with Gasteiger partial charge in [0.05, 0.1) is 12.8 Å². The highest BCUT2D eigenvalue weighted by Crippen LogP contribution is 2.31. The van der Waals surface area contributed by atoms with Crippen LogP contribution in [0.25, 0.3) is 0 Å². The predicted octanol–water partition coefficient (Wildman–Crippen LogP) is 4.10. The minimum atomic E-state index is -0.386. The van der Waals surface area contributed by atoms with E-state index in [2.05, 4.69) is 10.6 Å². The number of amides is 1. The summed E-state index contributed by atoms with van der Waals surface area (Å²) in [4.78, 5) is 12.3. The smallest absolute Gasteiger partial charge is 0.246 e. The van der Waals surface area contributed by atoms with Crippen molar-refractivity contribution >= 4 is 28.9 Å². The number of para-hydroxylation sites is 1. The van der Waals surface area contributed by atoms with Gasteiger partial charge in [-0.3, -0.25) is 4.79 Å². The van der Waals surface area contributed by atoms with Crippen LogP contribution in [0.3, 0.4) is 0 Å². The Morgan fingerprint density at radius 1 is 1.23 bits per heavy atom. The van der Waals surface area contributed by atoms with Crippen LogP contribution in [0.4, 0.5) is 11.4 Å². The summed E-state index contributed by atoms with van der Waals surface area (Å²) in [6.07, 6.45) is 0. The first-order valence-electron chi connectivity index (χ1n) is 6.98. The van der Waals surface area contributed by atoms with Gasteiger partial charge in [0.1, 0.15) is 11.8 Å². The van der Waals surface area contributed by atoms with Gasteiger partial charge in [-0.2, -0.15) is 0 Å². The van der Waals surface area contributed by atoms with Gasteiger partial charge in [-0.05, 0) is 37.6 Å². The second-order valence-corrected chi connectivity index (χ2v) is 5.43. The number of rotatable bonds is 5. The monoisotopic (exact) mass is 318 g/mol. The third kappa shape index (κ3) is 3.92. The summed E-state index contributed by atoms with van der Waals surface area (Å²) >= 11 is 6.07. The molecule has 1 amide bonds. The van der Waals surface area contributed by atoms with Gasteiger partial charge < -0.3 is 15.4 Å². The number of anilines is 2. The Bertz CT molecular complexity index is 659. The van der Waals surface area contributed by atoms with Crippen LogP contribution in [0.2, 0.25) is 5.02 Å². The lowest BCUT2D eigenvalue weighted by Crippen LogP contribution is -2.32. The number of carbonyl (C=O) groups is 1. The van der Waals surface area contributed by atoms with Crippen molar-refractivity contribution in [2.24, 2.45) is 0 Å². The van der Waals surface area contributed by atoms with E-state index in [1.807, 2.05) is 37.3 Å². The molecule has 2 N–H and O–H groups in total. The van der Waals surface area contributed by atoms with Crippen LogP contribution in [-0.2, 0) is 4.79 Å². The van der Waals surface area contributed by atoms with Gasteiger partial charge in [0.15, 0.2) is 0 Å². The minimum Gasteiger partial charge on any atom is -0.495 e. The molecule has 0 heterocycles. The fraction of sp³-hybridized carbons (Fsp3) is 0.235. The van der Waals surface area contributed by atoms with E-state index < -0.39 is 0 Å². The Balaban J connectivity index is 2.10. The minimum absolute atomic E-state index is 0.149. The summed E-state index contributed by atoms with van der Waals surface area (Å²) in [6, 6.07) is 12.7. The highest BCUT2D eigenvalue weighted by molar-refractivity contribution is 6.31. The molecule has 116 valence electrons. The van der Waals surface area contributed by atoms with Crippen molar-refractivity contribution in [2.45, 2.75) is 19.9 Å². The molecule has 0 spiro atoms. The maximum absolute atomic E-state index is 12.3. The average molecular weight is 319 g/mol. The average Bonchev–Trinajstić information content (AvgIpc) is 2.51. The number of hydrogen-bond donors (Lipinski definition) is 2. The molecule has 0 aliphatic rings. The van der Waals surface area contributed by atoms with E-state index >= 15 is 0 Å². The number of ether oxygens (including phenoxy) is 1. The van der Waals surface area contributed by atoms with Crippen molar-refractivity contribution in [1.29, 1.82) is 0 Å². The number of nitrogens with one attached hydrogen (secondary N) is 2. The second-order valence-electron chi connectivity index (χ2n) is 5.02. The Hall–Kier alpha value is -2.20. The summed E-state index contributed by atoms with van der Waals surface area (Å²) in [6.45, 7) is 3.68. The number of carbonyl (C=O) groups excluding carboxylic acids is 1. The lowest BCUT2D eigenvalue weighted by molar-refractivity contribution is -0.116. The number of halogens is 1. The number of benzene rings is 2. The fourth-order valence-electron chi connectivity index (χ4n) is 2.02. The van der Waals surface area contributed by atoms with Gasteiger partial charge in [0.25, 0.3) is 0 Å². The molecule has 2 aromatic rings. The van der Waals surface area contributed by atoms with Crippen molar-refractivity contribution in [3.8, 4) is 5.75 Å². The summed E-state index contributed by atoms with van der Waals surface area (Å²) in [5, 5.41) is 6.61. The predicted molar refractivity (Wildman–Crippen MR) is 90.9 cm³/mol. The van der Waals surface area contributed by atoms with Crippen molar-refractivity contribution in [2.75, 3.05) is 17.7 Å². The molecule has 4 nitrogen and oxygen atoms in total. The zero-order valence-corrected chi connectivity index (χ0v) is 13.6. The first kappa shape index (κ1) is 16.2. The van der Waals surface area contributed by atoms with E-state index in [1.165, 1.54) is 0 Å². The lowest BCUT2D eigenvalue weighted by atomic mass is 10.2. The van der Waals surface area contributed by atoms with E-state index in [1.54, 1.807) is 26.2 Å². The van der Waals surface area contributed by atoms with Gasteiger partial charge in [0, 0.05) is 16.8 Å². The maximum Gasteiger partial charge on any atom is 0.246 e. The molecule has 0 radical (unpaired) electrons.